The van der Waals surface area contributed by atoms with E-state index in [4.69, 9.17) is 0 Å². The lowest BCUT2D eigenvalue weighted by Gasteiger charge is -2.19. The van der Waals surface area contributed by atoms with Gasteiger partial charge in [0.2, 0.25) is 0 Å². The first-order chi connectivity index (χ1) is 6.61. The normalized spacial score (nSPS) is 10.6. The molecule has 0 bridgehead atoms. The molecule has 0 aliphatic carbocycles. The SMILES string of the molecule is CN(C)CCN(C)C(=O)n1ccnc1. The van der Waals surface area contributed by atoms with Gasteiger partial charge in [-0.3, -0.25) is 4.57 Å². The highest BCUT2D eigenvalue weighted by molar-refractivity contribution is 5.76. The van der Waals surface area contributed by atoms with Crippen LogP contribution in [0.2, 0.25) is 0 Å². The van der Waals surface area contributed by atoms with Crippen LogP contribution in [0.4, 0.5) is 4.79 Å². The molecule has 1 aromatic heterocycles. The Kier molecular flexibility index (Phi) is 3.64. The van der Waals surface area contributed by atoms with Gasteiger partial charge in [0.25, 0.3) is 0 Å². The van der Waals surface area contributed by atoms with Crippen LogP contribution in [0.15, 0.2) is 18.7 Å². The van der Waals surface area contributed by atoms with Crippen molar-refractivity contribution in [2.24, 2.45) is 0 Å². The molecule has 0 aliphatic rings. The number of hydrogen-bond donors (Lipinski definition) is 0. The smallest absolute Gasteiger partial charge is 0.326 e. The maximum Gasteiger partial charge on any atom is 0.329 e. The number of rotatable bonds is 3. The standard InChI is InChI=1S/C9H16N4O/c1-11(2)6-7-12(3)9(14)13-5-4-10-8-13/h4-5,8H,6-7H2,1-3H3. The molecule has 14 heavy (non-hydrogen) atoms. The number of carbonyl (C=O) groups excluding carboxylic acids is 1. The predicted molar refractivity (Wildman–Crippen MR) is 54.2 cm³/mol. The monoisotopic (exact) mass is 196 g/mol. The van der Waals surface area contributed by atoms with Crippen molar-refractivity contribution < 1.29 is 4.79 Å². The molecule has 5 heteroatoms. The first kappa shape index (κ1) is 10.7. The molecule has 1 rings (SSSR count). The van der Waals surface area contributed by atoms with E-state index in [9.17, 15) is 4.79 Å². The molecule has 0 aliphatic heterocycles. The molecule has 5 nitrogen and oxygen atoms in total. The third-order valence-electron chi connectivity index (χ3n) is 1.93. The van der Waals surface area contributed by atoms with E-state index in [1.165, 1.54) is 10.9 Å². The number of amides is 1. The minimum absolute atomic E-state index is 0.0515. The van der Waals surface area contributed by atoms with Gasteiger partial charge < -0.3 is 9.80 Å². The van der Waals surface area contributed by atoms with Crippen LogP contribution in [0, 0.1) is 0 Å². The molecule has 0 spiro atoms. The molecule has 1 heterocycles. The molecule has 78 valence electrons. The van der Waals surface area contributed by atoms with Crippen molar-refractivity contribution in [3.05, 3.63) is 18.7 Å². The average molecular weight is 196 g/mol. The Bertz CT molecular complexity index is 281. The van der Waals surface area contributed by atoms with E-state index >= 15 is 0 Å². The molecule has 0 unspecified atom stereocenters. The van der Waals surface area contributed by atoms with Crippen molar-refractivity contribution >= 4 is 6.03 Å². The highest BCUT2D eigenvalue weighted by Gasteiger charge is 2.09. The lowest BCUT2D eigenvalue weighted by atomic mass is 10.5. The van der Waals surface area contributed by atoms with E-state index < -0.39 is 0 Å². The van der Waals surface area contributed by atoms with Gasteiger partial charge in [-0.05, 0) is 14.1 Å². The molecule has 0 saturated carbocycles. The summed E-state index contributed by atoms with van der Waals surface area (Å²) in [5.41, 5.74) is 0. The Morgan fingerprint density at radius 2 is 2.07 bits per heavy atom. The minimum Gasteiger partial charge on any atom is -0.326 e. The first-order valence-electron chi connectivity index (χ1n) is 4.49. The summed E-state index contributed by atoms with van der Waals surface area (Å²) in [6.45, 7) is 1.57. The Labute approximate surface area is 83.9 Å². The van der Waals surface area contributed by atoms with Crippen molar-refractivity contribution in [1.82, 2.24) is 19.4 Å². The maximum absolute atomic E-state index is 11.6. The Morgan fingerprint density at radius 1 is 1.36 bits per heavy atom. The summed E-state index contributed by atoms with van der Waals surface area (Å²) >= 11 is 0. The van der Waals surface area contributed by atoms with Crippen LogP contribution in [-0.4, -0.2) is 59.6 Å². The van der Waals surface area contributed by atoms with E-state index in [1.54, 1.807) is 24.3 Å². The lowest BCUT2D eigenvalue weighted by Crippen LogP contribution is -2.35. The third kappa shape index (κ3) is 2.85. The second-order valence-corrected chi connectivity index (χ2v) is 3.48. The average Bonchev–Trinajstić information content (AvgIpc) is 2.65. The molecule has 0 radical (unpaired) electrons. The summed E-state index contributed by atoms with van der Waals surface area (Å²) in [6.07, 6.45) is 4.75. The Balaban J connectivity index is 2.45. The van der Waals surface area contributed by atoms with Crippen LogP contribution < -0.4 is 0 Å². The molecular weight excluding hydrogens is 180 g/mol. The minimum atomic E-state index is -0.0515. The fourth-order valence-corrected chi connectivity index (χ4v) is 1.02. The van der Waals surface area contributed by atoms with Crippen LogP contribution >= 0.6 is 0 Å². The number of carbonyl (C=O) groups is 1. The quantitative estimate of drug-likeness (QED) is 0.700. The third-order valence-corrected chi connectivity index (χ3v) is 1.93. The topological polar surface area (TPSA) is 41.4 Å². The summed E-state index contributed by atoms with van der Waals surface area (Å²) in [5.74, 6) is 0. The zero-order chi connectivity index (χ0) is 10.6. The zero-order valence-electron chi connectivity index (χ0n) is 8.84. The van der Waals surface area contributed by atoms with E-state index in [1.807, 2.05) is 19.0 Å². The van der Waals surface area contributed by atoms with Crippen LogP contribution in [0.1, 0.15) is 0 Å². The molecular formula is C9H16N4O. The molecule has 1 aromatic rings. The van der Waals surface area contributed by atoms with Gasteiger partial charge in [0.15, 0.2) is 0 Å². The van der Waals surface area contributed by atoms with E-state index in [0.717, 1.165) is 6.54 Å². The van der Waals surface area contributed by atoms with Crippen molar-refractivity contribution in [2.75, 3.05) is 34.2 Å². The lowest BCUT2D eigenvalue weighted by molar-refractivity contribution is 0.205. The van der Waals surface area contributed by atoms with Crippen molar-refractivity contribution in [3.63, 3.8) is 0 Å². The van der Waals surface area contributed by atoms with Crippen molar-refractivity contribution in [1.29, 1.82) is 0 Å². The van der Waals surface area contributed by atoms with E-state index in [2.05, 4.69) is 4.98 Å². The molecule has 0 aromatic carbocycles. The van der Waals surface area contributed by atoms with Crippen LogP contribution in [0.3, 0.4) is 0 Å². The highest BCUT2D eigenvalue weighted by atomic mass is 16.2. The second-order valence-electron chi connectivity index (χ2n) is 3.48. The highest BCUT2D eigenvalue weighted by Crippen LogP contribution is 1.93. The molecule has 0 atom stereocenters. The summed E-state index contributed by atoms with van der Waals surface area (Å²) in [5, 5.41) is 0. The Hall–Kier alpha value is -1.36. The number of imidazole rings is 1. The van der Waals surface area contributed by atoms with Crippen LogP contribution in [0.5, 0.6) is 0 Å². The molecule has 0 saturated heterocycles. The van der Waals surface area contributed by atoms with E-state index in [0.29, 0.717) is 6.54 Å². The molecule has 0 fully saturated rings. The predicted octanol–water partition coefficient (Wildman–Crippen LogP) is 0.345. The fourth-order valence-electron chi connectivity index (χ4n) is 1.02. The van der Waals surface area contributed by atoms with Crippen molar-refractivity contribution in [3.8, 4) is 0 Å². The zero-order valence-corrected chi connectivity index (χ0v) is 8.84. The van der Waals surface area contributed by atoms with Gasteiger partial charge in [0.1, 0.15) is 6.33 Å². The maximum atomic E-state index is 11.6. The number of hydrogen-bond acceptors (Lipinski definition) is 3. The van der Waals surface area contributed by atoms with Crippen LogP contribution in [-0.2, 0) is 0 Å². The van der Waals surface area contributed by atoms with Gasteiger partial charge in [0, 0.05) is 32.5 Å². The van der Waals surface area contributed by atoms with Gasteiger partial charge in [0.05, 0.1) is 0 Å². The number of nitrogens with zero attached hydrogens (tertiary/aromatic N) is 4. The largest absolute Gasteiger partial charge is 0.329 e. The van der Waals surface area contributed by atoms with Gasteiger partial charge in [-0.25, -0.2) is 9.78 Å². The summed E-state index contributed by atoms with van der Waals surface area (Å²) in [4.78, 5) is 19.2. The summed E-state index contributed by atoms with van der Waals surface area (Å²) in [7, 11) is 5.75. The number of likely N-dealkylation sites (N-methyl/N-ethyl adjacent to an activating group) is 2. The summed E-state index contributed by atoms with van der Waals surface area (Å²) < 4.78 is 1.47. The molecule has 1 amide bonds. The van der Waals surface area contributed by atoms with Gasteiger partial charge in [-0.2, -0.15) is 0 Å². The summed E-state index contributed by atoms with van der Waals surface area (Å²) in [6, 6.07) is -0.0515. The Morgan fingerprint density at radius 3 is 2.57 bits per heavy atom. The van der Waals surface area contributed by atoms with Crippen LogP contribution in [0.25, 0.3) is 0 Å². The van der Waals surface area contributed by atoms with E-state index in [-0.39, 0.29) is 6.03 Å². The molecule has 0 N–H and O–H groups in total. The number of aromatic nitrogens is 2. The second kappa shape index (κ2) is 4.76. The fraction of sp³-hybridized carbons (Fsp3) is 0.556. The van der Waals surface area contributed by atoms with Crippen molar-refractivity contribution in [2.45, 2.75) is 0 Å². The first-order valence-corrected chi connectivity index (χ1v) is 4.49. The van der Waals surface area contributed by atoms with Gasteiger partial charge >= 0.3 is 6.03 Å². The van der Waals surface area contributed by atoms with Gasteiger partial charge in [-0.1, -0.05) is 0 Å². The van der Waals surface area contributed by atoms with Gasteiger partial charge in [-0.15, -0.1) is 0 Å².